The highest BCUT2D eigenvalue weighted by Crippen LogP contribution is 2.16. The molecule has 3 rings (SSSR count). The monoisotopic (exact) mass is 349 g/mol. The summed E-state index contributed by atoms with van der Waals surface area (Å²) in [5.74, 6) is -0.434. The van der Waals surface area contributed by atoms with E-state index in [0.717, 1.165) is 0 Å². The zero-order chi connectivity index (χ0) is 17.3. The Morgan fingerprint density at radius 1 is 1.17 bits per heavy atom. The number of hydrogen-bond donors (Lipinski definition) is 1. The van der Waals surface area contributed by atoms with E-state index in [2.05, 4.69) is 10.1 Å². The number of piperazine rings is 1. The van der Waals surface area contributed by atoms with Crippen LogP contribution in [0.5, 0.6) is 0 Å². The molecule has 1 aliphatic heterocycles. The number of H-pyrrole nitrogens is 1. The molecule has 0 saturated carbocycles. The van der Waals surface area contributed by atoms with Crippen LogP contribution in [-0.2, 0) is 7.05 Å². The van der Waals surface area contributed by atoms with Gasteiger partial charge in [0.05, 0.1) is 5.56 Å². The van der Waals surface area contributed by atoms with Gasteiger partial charge in [0.15, 0.2) is 0 Å². The number of nitrogens with one attached hydrogen (secondary N) is 1. The third-order valence-electron chi connectivity index (χ3n) is 3.97. The molecule has 2 aromatic heterocycles. The van der Waals surface area contributed by atoms with Crippen molar-refractivity contribution in [1.29, 1.82) is 0 Å². The summed E-state index contributed by atoms with van der Waals surface area (Å²) in [5, 5.41) is 2.68. The quantitative estimate of drug-likeness (QED) is 0.792. The molecule has 0 bridgehead atoms. The van der Waals surface area contributed by atoms with Crippen LogP contribution in [0.4, 0.5) is 0 Å². The fourth-order valence-corrected chi connectivity index (χ4v) is 2.87. The number of aromatic nitrogens is 3. The lowest BCUT2D eigenvalue weighted by Crippen LogP contribution is -2.51. The van der Waals surface area contributed by atoms with Crippen molar-refractivity contribution < 1.29 is 9.59 Å². The number of aromatic amines is 1. The van der Waals surface area contributed by atoms with Crippen LogP contribution in [-0.4, -0.2) is 62.6 Å². The average Bonchev–Trinajstić information content (AvgIpc) is 2.92. The highest BCUT2D eigenvalue weighted by Gasteiger charge is 2.27. The van der Waals surface area contributed by atoms with Gasteiger partial charge in [-0.2, -0.15) is 0 Å². The molecule has 0 aliphatic carbocycles. The summed E-state index contributed by atoms with van der Waals surface area (Å²) in [6.07, 6.45) is 1.52. The van der Waals surface area contributed by atoms with Crippen molar-refractivity contribution >= 4 is 23.4 Å². The van der Waals surface area contributed by atoms with Gasteiger partial charge in [0.1, 0.15) is 10.8 Å². The Labute approximate surface area is 142 Å². The maximum atomic E-state index is 12.5. The van der Waals surface area contributed by atoms with E-state index in [1.807, 2.05) is 0 Å². The second-order valence-corrected chi connectivity index (χ2v) is 5.85. The Bertz CT molecular complexity index is 836. The van der Waals surface area contributed by atoms with Gasteiger partial charge in [-0.3, -0.25) is 24.2 Å². The maximum absolute atomic E-state index is 12.5. The molecule has 8 nitrogen and oxygen atoms in total. The molecular formula is C15H16ClN5O3. The number of halogens is 1. The standard InChI is InChI=1S/C15H16ClN5O3/c1-19-11(9-12(22)18-19)15(24)21-7-5-20(6-8-21)14(23)10-3-2-4-17-13(10)16/h2-4,9H,5-8H2,1H3,(H,18,22). The number of rotatable bonds is 2. The second kappa shape index (κ2) is 6.48. The molecule has 126 valence electrons. The Hall–Kier alpha value is -2.61. The zero-order valence-electron chi connectivity index (χ0n) is 13.0. The number of amides is 2. The van der Waals surface area contributed by atoms with Crippen LogP contribution in [0.3, 0.4) is 0 Å². The van der Waals surface area contributed by atoms with Gasteiger partial charge in [-0.1, -0.05) is 11.6 Å². The van der Waals surface area contributed by atoms with Gasteiger partial charge < -0.3 is 9.80 Å². The van der Waals surface area contributed by atoms with E-state index in [9.17, 15) is 14.4 Å². The number of hydrogen-bond acceptors (Lipinski definition) is 4. The Kier molecular flexibility index (Phi) is 4.39. The van der Waals surface area contributed by atoms with E-state index in [0.29, 0.717) is 37.4 Å². The first-order valence-electron chi connectivity index (χ1n) is 7.42. The minimum absolute atomic E-state index is 0.170. The van der Waals surface area contributed by atoms with Crippen LogP contribution in [0.15, 0.2) is 29.2 Å². The lowest BCUT2D eigenvalue weighted by atomic mass is 10.2. The molecule has 1 N–H and O–H groups in total. The van der Waals surface area contributed by atoms with E-state index in [-0.39, 0.29) is 22.5 Å². The Morgan fingerprint density at radius 3 is 2.33 bits per heavy atom. The third-order valence-corrected chi connectivity index (χ3v) is 4.27. The highest BCUT2D eigenvalue weighted by molar-refractivity contribution is 6.32. The number of aryl methyl sites for hydroxylation is 1. The summed E-state index contributed by atoms with van der Waals surface area (Å²) >= 11 is 5.96. The van der Waals surface area contributed by atoms with Crippen molar-refractivity contribution in [3.05, 3.63) is 51.2 Å². The lowest BCUT2D eigenvalue weighted by Gasteiger charge is -2.34. The lowest BCUT2D eigenvalue weighted by molar-refractivity contribution is 0.0529. The highest BCUT2D eigenvalue weighted by atomic mass is 35.5. The molecule has 1 aliphatic rings. The van der Waals surface area contributed by atoms with Crippen molar-refractivity contribution in [2.75, 3.05) is 26.2 Å². The molecule has 0 aromatic carbocycles. The van der Waals surface area contributed by atoms with Gasteiger partial charge in [-0.25, -0.2) is 4.98 Å². The molecule has 3 heterocycles. The van der Waals surface area contributed by atoms with Crippen molar-refractivity contribution in [3.63, 3.8) is 0 Å². The van der Waals surface area contributed by atoms with Gasteiger partial charge >= 0.3 is 0 Å². The van der Waals surface area contributed by atoms with Crippen molar-refractivity contribution in [2.24, 2.45) is 7.05 Å². The van der Waals surface area contributed by atoms with Crippen molar-refractivity contribution in [1.82, 2.24) is 24.6 Å². The van der Waals surface area contributed by atoms with Gasteiger partial charge in [0.25, 0.3) is 17.4 Å². The SMILES string of the molecule is Cn1[nH]c(=O)cc1C(=O)N1CCN(C(=O)c2cccnc2Cl)CC1. The summed E-state index contributed by atoms with van der Waals surface area (Å²) in [6, 6.07) is 4.56. The maximum Gasteiger partial charge on any atom is 0.272 e. The van der Waals surface area contributed by atoms with E-state index in [4.69, 9.17) is 11.6 Å². The molecule has 0 unspecified atom stereocenters. The molecule has 0 atom stereocenters. The first-order chi connectivity index (χ1) is 11.5. The topological polar surface area (TPSA) is 91.3 Å². The van der Waals surface area contributed by atoms with Crippen molar-refractivity contribution in [3.8, 4) is 0 Å². The summed E-state index contributed by atoms with van der Waals surface area (Å²) in [6.45, 7) is 1.58. The van der Waals surface area contributed by atoms with Gasteiger partial charge in [-0.05, 0) is 12.1 Å². The molecular weight excluding hydrogens is 334 g/mol. The minimum Gasteiger partial charge on any atom is -0.335 e. The molecule has 1 saturated heterocycles. The molecule has 9 heteroatoms. The summed E-state index contributed by atoms with van der Waals surface area (Å²) in [7, 11) is 1.61. The van der Waals surface area contributed by atoms with Crippen LogP contribution in [0.2, 0.25) is 5.15 Å². The summed E-state index contributed by atoms with van der Waals surface area (Å²) in [4.78, 5) is 43.4. The molecule has 24 heavy (non-hydrogen) atoms. The number of carbonyl (C=O) groups is 2. The molecule has 0 radical (unpaired) electrons. The zero-order valence-corrected chi connectivity index (χ0v) is 13.8. The first kappa shape index (κ1) is 16.3. The molecule has 0 spiro atoms. The van der Waals surface area contributed by atoms with E-state index >= 15 is 0 Å². The van der Waals surface area contributed by atoms with Crippen LogP contribution in [0.1, 0.15) is 20.8 Å². The van der Waals surface area contributed by atoms with Crippen LogP contribution in [0, 0.1) is 0 Å². The second-order valence-electron chi connectivity index (χ2n) is 5.49. The van der Waals surface area contributed by atoms with E-state index in [1.165, 1.54) is 16.9 Å². The first-order valence-corrected chi connectivity index (χ1v) is 7.80. The predicted molar refractivity (Wildman–Crippen MR) is 87.1 cm³/mol. The molecule has 2 amide bonds. The fourth-order valence-electron chi connectivity index (χ4n) is 2.67. The van der Waals surface area contributed by atoms with Gasteiger partial charge in [-0.15, -0.1) is 0 Å². The van der Waals surface area contributed by atoms with Gasteiger partial charge in [0.2, 0.25) is 0 Å². The largest absolute Gasteiger partial charge is 0.335 e. The average molecular weight is 350 g/mol. The van der Waals surface area contributed by atoms with Gasteiger partial charge in [0, 0.05) is 45.5 Å². The Balaban J connectivity index is 1.67. The number of pyridine rings is 1. The smallest absolute Gasteiger partial charge is 0.272 e. The summed E-state index contributed by atoms with van der Waals surface area (Å²) < 4.78 is 1.40. The van der Waals surface area contributed by atoms with E-state index < -0.39 is 0 Å². The van der Waals surface area contributed by atoms with Crippen LogP contribution >= 0.6 is 11.6 Å². The fraction of sp³-hybridized carbons (Fsp3) is 0.333. The molecule has 2 aromatic rings. The van der Waals surface area contributed by atoms with Crippen molar-refractivity contribution in [2.45, 2.75) is 0 Å². The Morgan fingerprint density at radius 2 is 1.79 bits per heavy atom. The number of nitrogens with zero attached hydrogens (tertiary/aromatic N) is 4. The molecule has 1 fully saturated rings. The number of carbonyl (C=O) groups excluding carboxylic acids is 2. The van der Waals surface area contributed by atoms with Crippen LogP contribution in [0.25, 0.3) is 0 Å². The summed E-state index contributed by atoms with van der Waals surface area (Å²) in [5.41, 5.74) is 0.336. The third kappa shape index (κ3) is 3.05. The van der Waals surface area contributed by atoms with E-state index in [1.54, 1.807) is 29.0 Å². The minimum atomic E-state index is -0.319. The predicted octanol–water partition coefficient (Wildman–Crippen LogP) is 0.360. The van der Waals surface area contributed by atoms with Crippen LogP contribution < -0.4 is 5.56 Å². The normalized spacial score (nSPS) is 14.8.